The van der Waals surface area contributed by atoms with Gasteiger partial charge in [-0.15, -0.1) is 0 Å². The standard InChI is InChI=1S/C9H9ClN2O3/c1-5-6(9(14)15-2)3-7(10)12-8(5)11-4-13/h3-4H,1-2H3,(H,11,12,13). The highest BCUT2D eigenvalue weighted by Crippen LogP contribution is 2.21. The molecule has 0 aliphatic rings. The van der Waals surface area contributed by atoms with Gasteiger partial charge < -0.3 is 10.1 Å². The first-order valence-corrected chi connectivity index (χ1v) is 4.43. The Kier molecular flexibility index (Phi) is 3.62. The molecule has 1 heterocycles. The van der Waals surface area contributed by atoms with Crippen molar-refractivity contribution in [3.8, 4) is 0 Å². The van der Waals surface area contributed by atoms with Gasteiger partial charge in [0, 0.05) is 5.56 Å². The van der Waals surface area contributed by atoms with Gasteiger partial charge in [-0.1, -0.05) is 11.6 Å². The van der Waals surface area contributed by atoms with Gasteiger partial charge in [-0.25, -0.2) is 9.78 Å². The first kappa shape index (κ1) is 11.5. The van der Waals surface area contributed by atoms with Gasteiger partial charge in [-0.2, -0.15) is 0 Å². The number of ether oxygens (including phenoxy) is 1. The molecule has 0 saturated heterocycles. The highest BCUT2D eigenvalue weighted by atomic mass is 35.5. The zero-order valence-corrected chi connectivity index (χ0v) is 8.96. The van der Waals surface area contributed by atoms with E-state index in [4.69, 9.17) is 11.6 Å². The normalized spacial score (nSPS) is 9.53. The molecule has 0 spiro atoms. The number of esters is 1. The number of nitrogens with one attached hydrogen (secondary N) is 1. The van der Waals surface area contributed by atoms with Crippen molar-refractivity contribution in [1.29, 1.82) is 0 Å². The molecule has 0 saturated carbocycles. The van der Waals surface area contributed by atoms with Gasteiger partial charge in [-0.3, -0.25) is 4.79 Å². The van der Waals surface area contributed by atoms with Crippen LogP contribution in [0.2, 0.25) is 5.15 Å². The third-order valence-electron chi connectivity index (χ3n) is 1.84. The molecular weight excluding hydrogens is 220 g/mol. The van der Waals surface area contributed by atoms with E-state index in [1.165, 1.54) is 13.2 Å². The van der Waals surface area contributed by atoms with Gasteiger partial charge in [0.2, 0.25) is 6.41 Å². The van der Waals surface area contributed by atoms with Crippen molar-refractivity contribution in [3.63, 3.8) is 0 Å². The first-order chi connectivity index (χ1) is 7.10. The van der Waals surface area contributed by atoms with Crippen LogP contribution in [-0.4, -0.2) is 24.5 Å². The average molecular weight is 229 g/mol. The van der Waals surface area contributed by atoms with Crippen LogP contribution in [0.1, 0.15) is 15.9 Å². The smallest absolute Gasteiger partial charge is 0.338 e. The summed E-state index contributed by atoms with van der Waals surface area (Å²) in [6.07, 6.45) is 0.465. The number of halogens is 1. The van der Waals surface area contributed by atoms with Crippen LogP contribution in [0.3, 0.4) is 0 Å². The number of carbonyl (C=O) groups is 2. The van der Waals surface area contributed by atoms with Gasteiger partial charge in [0.1, 0.15) is 11.0 Å². The maximum Gasteiger partial charge on any atom is 0.338 e. The zero-order chi connectivity index (χ0) is 11.4. The Labute approximate surface area is 91.4 Å². The van der Waals surface area contributed by atoms with Gasteiger partial charge in [-0.05, 0) is 13.0 Å². The fraction of sp³-hybridized carbons (Fsp3) is 0.222. The first-order valence-electron chi connectivity index (χ1n) is 4.05. The predicted molar refractivity (Wildman–Crippen MR) is 55.0 cm³/mol. The third kappa shape index (κ3) is 2.44. The molecule has 80 valence electrons. The lowest BCUT2D eigenvalue weighted by molar-refractivity contribution is -0.105. The molecule has 0 bridgehead atoms. The average Bonchev–Trinajstić information content (AvgIpc) is 2.22. The van der Waals surface area contributed by atoms with Crippen molar-refractivity contribution >= 4 is 29.8 Å². The van der Waals surface area contributed by atoms with Crippen LogP contribution < -0.4 is 5.32 Å². The molecule has 1 N–H and O–H groups in total. The Morgan fingerprint density at radius 1 is 1.67 bits per heavy atom. The molecule has 6 heteroatoms. The van der Waals surface area contributed by atoms with Crippen molar-refractivity contribution in [2.45, 2.75) is 6.92 Å². The number of nitrogens with zero attached hydrogens (tertiary/aromatic N) is 1. The van der Waals surface area contributed by atoms with Gasteiger partial charge in [0.25, 0.3) is 0 Å². The number of hydrogen-bond donors (Lipinski definition) is 1. The lowest BCUT2D eigenvalue weighted by Crippen LogP contribution is -2.08. The van der Waals surface area contributed by atoms with Crippen molar-refractivity contribution in [3.05, 3.63) is 22.3 Å². The lowest BCUT2D eigenvalue weighted by Gasteiger charge is -2.08. The zero-order valence-electron chi connectivity index (χ0n) is 8.20. The van der Waals surface area contributed by atoms with Crippen molar-refractivity contribution in [2.75, 3.05) is 12.4 Å². The maximum atomic E-state index is 11.3. The second-order valence-electron chi connectivity index (χ2n) is 2.72. The summed E-state index contributed by atoms with van der Waals surface area (Å²) >= 11 is 5.68. The van der Waals surface area contributed by atoms with Gasteiger partial charge in [0.15, 0.2) is 0 Å². The molecule has 0 aliphatic heterocycles. The Hall–Kier alpha value is -1.62. The summed E-state index contributed by atoms with van der Waals surface area (Å²) in [6, 6.07) is 1.39. The fourth-order valence-electron chi connectivity index (χ4n) is 1.10. The second kappa shape index (κ2) is 4.75. The minimum atomic E-state index is -0.522. The van der Waals surface area contributed by atoms with E-state index in [0.29, 0.717) is 12.0 Å². The van der Waals surface area contributed by atoms with E-state index in [1.807, 2.05) is 0 Å². The minimum absolute atomic E-state index is 0.116. The number of carbonyl (C=O) groups excluding carboxylic acids is 2. The van der Waals surface area contributed by atoms with Crippen LogP contribution in [0, 0.1) is 6.92 Å². The number of anilines is 1. The van der Waals surface area contributed by atoms with Crippen LogP contribution in [0.15, 0.2) is 6.07 Å². The Morgan fingerprint density at radius 3 is 2.87 bits per heavy atom. The topological polar surface area (TPSA) is 68.3 Å². The number of aromatic nitrogens is 1. The van der Waals surface area contributed by atoms with Crippen LogP contribution in [0.25, 0.3) is 0 Å². The molecule has 0 aliphatic carbocycles. The molecule has 1 aromatic heterocycles. The summed E-state index contributed by atoms with van der Waals surface area (Å²) in [4.78, 5) is 25.5. The van der Waals surface area contributed by atoms with Crippen molar-refractivity contribution < 1.29 is 14.3 Å². The largest absolute Gasteiger partial charge is 0.465 e. The third-order valence-corrected chi connectivity index (χ3v) is 2.04. The Bertz CT molecular complexity index is 407. The molecule has 0 fully saturated rings. The highest BCUT2D eigenvalue weighted by molar-refractivity contribution is 6.30. The molecular formula is C9H9ClN2O3. The maximum absolute atomic E-state index is 11.3. The van der Waals surface area contributed by atoms with E-state index in [9.17, 15) is 9.59 Å². The van der Waals surface area contributed by atoms with E-state index < -0.39 is 5.97 Å². The van der Waals surface area contributed by atoms with Crippen LogP contribution in [-0.2, 0) is 9.53 Å². The molecule has 1 rings (SSSR count). The van der Waals surface area contributed by atoms with Gasteiger partial charge >= 0.3 is 5.97 Å². The summed E-state index contributed by atoms with van der Waals surface area (Å²) in [5, 5.41) is 2.47. The molecule has 0 atom stereocenters. The summed E-state index contributed by atoms with van der Waals surface area (Å²) in [5.74, 6) is -0.274. The fourth-order valence-corrected chi connectivity index (χ4v) is 1.29. The summed E-state index contributed by atoms with van der Waals surface area (Å²) < 4.78 is 4.56. The number of methoxy groups -OCH3 is 1. The molecule has 0 unspecified atom stereocenters. The number of hydrogen-bond acceptors (Lipinski definition) is 4. The summed E-state index contributed by atoms with van der Waals surface area (Å²) in [5.41, 5.74) is 0.792. The molecule has 1 aromatic rings. The Balaban J connectivity index is 3.27. The Morgan fingerprint density at radius 2 is 2.33 bits per heavy atom. The van der Waals surface area contributed by atoms with Crippen LogP contribution in [0.4, 0.5) is 5.82 Å². The second-order valence-corrected chi connectivity index (χ2v) is 3.11. The quantitative estimate of drug-likeness (QED) is 0.482. The molecule has 0 aromatic carbocycles. The minimum Gasteiger partial charge on any atom is -0.465 e. The van der Waals surface area contributed by atoms with Gasteiger partial charge in [0.05, 0.1) is 12.7 Å². The number of rotatable bonds is 3. The number of amides is 1. The van der Waals surface area contributed by atoms with E-state index >= 15 is 0 Å². The van der Waals surface area contributed by atoms with Crippen LogP contribution in [0.5, 0.6) is 0 Å². The lowest BCUT2D eigenvalue weighted by atomic mass is 10.1. The number of pyridine rings is 1. The van der Waals surface area contributed by atoms with Crippen LogP contribution >= 0.6 is 11.6 Å². The predicted octanol–water partition coefficient (Wildman–Crippen LogP) is 1.40. The van der Waals surface area contributed by atoms with Crippen molar-refractivity contribution in [1.82, 2.24) is 4.98 Å². The van der Waals surface area contributed by atoms with E-state index in [-0.39, 0.29) is 16.5 Å². The van der Waals surface area contributed by atoms with E-state index in [1.54, 1.807) is 6.92 Å². The molecule has 5 nitrogen and oxygen atoms in total. The molecule has 0 radical (unpaired) electrons. The van der Waals surface area contributed by atoms with E-state index in [0.717, 1.165) is 0 Å². The van der Waals surface area contributed by atoms with E-state index in [2.05, 4.69) is 15.0 Å². The monoisotopic (exact) mass is 228 g/mol. The molecule has 1 amide bonds. The molecule has 15 heavy (non-hydrogen) atoms. The summed E-state index contributed by atoms with van der Waals surface area (Å²) in [7, 11) is 1.27. The SMILES string of the molecule is COC(=O)c1cc(Cl)nc(NC=O)c1C. The highest BCUT2D eigenvalue weighted by Gasteiger charge is 2.14. The summed E-state index contributed by atoms with van der Waals surface area (Å²) in [6.45, 7) is 1.64. The van der Waals surface area contributed by atoms with Crippen molar-refractivity contribution in [2.24, 2.45) is 0 Å².